The molecule has 8 heteroatoms. The molecule has 1 aliphatic heterocycles. The molecule has 1 saturated carbocycles. The number of amides is 3. The molecule has 1 aromatic carbocycles. The number of hydrogen-bond donors (Lipinski definition) is 1. The summed E-state index contributed by atoms with van der Waals surface area (Å²) in [6.07, 6.45) is 2.86. The maximum absolute atomic E-state index is 12.4. The van der Waals surface area contributed by atoms with E-state index in [1.54, 1.807) is 0 Å². The van der Waals surface area contributed by atoms with Crippen LogP contribution < -0.4 is 5.32 Å². The highest BCUT2D eigenvalue weighted by Crippen LogP contribution is 2.32. The lowest BCUT2D eigenvalue weighted by atomic mass is 10.00. The minimum absolute atomic E-state index is 0.123. The van der Waals surface area contributed by atoms with Crippen molar-refractivity contribution in [3.05, 3.63) is 33.3 Å². The lowest BCUT2D eigenvalue weighted by Crippen LogP contribution is -2.49. The van der Waals surface area contributed by atoms with E-state index >= 15 is 0 Å². The van der Waals surface area contributed by atoms with E-state index in [9.17, 15) is 19.6 Å². The second kappa shape index (κ2) is 6.08. The fourth-order valence-electron chi connectivity index (χ4n) is 3.12. The van der Waals surface area contributed by atoms with E-state index in [1.165, 1.54) is 12.1 Å². The van der Waals surface area contributed by atoms with Crippen LogP contribution in [0.5, 0.6) is 0 Å². The van der Waals surface area contributed by atoms with Crippen molar-refractivity contribution < 1.29 is 14.4 Å². The van der Waals surface area contributed by atoms with Crippen molar-refractivity contribution in [1.29, 1.82) is 5.26 Å². The van der Waals surface area contributed by atoms with Crippen molar-refractivity contribution >= 4 is 40.9 Å². The van der Waals surface area contributed by atoms with Gasteiger partial charge in [0.25, 0.3) is 11.8 Å². The Morgan fingerprint density at radius 2 is 1.67 bits per heavy atom. The predicted octanol–water partition coefficient (Wildman–Crippen LogP) is 2.54. The van der Waals surface area contributed by atoms with Crippen molar-refractivity contribution in [2.45, 2.75) is 31.2 Å². The Labute approximate surface area is 148 Å². The summed E-state index contributed by atoms with van der Waals surface area (Å²) in [6, 6.07) is 4.78. The smallest absolute Gasteiger partial charge is 0.262 e. The molecule has 1 N–H and O–H groups in total. The van der Waals surface area contributed by atoms with Crippen LogP contribution in [0.3, 0.4) is 0 Å². The molecule has 6 nitrogen and oxygen atoms in total. The number of benzene rings is 1. The molecule has 0 radical (unpaired) electrons. The number of nitrogens with one attached hydrogen (secondary N) is 1. The van der Waals surface area contributed by atoms with Crippen LogP contribution in [0.25, 0.3) is 0 Å². The van der Waals surface area contributed by atoms with Gasteiger partial charge in [0.2, 0.25) is 5.91 Å². The van der Waals surface area contributed by atoms with Gasteiger partial charge in [0.05, 0.1) is 27.2 Å². The van der Waals surface area contributed by atoms with E-state index in [-0.39, 0.29) is 21.2 Å². The standard InChI is InChI=1S/C16H13Cl2N3O3/c17-11-5-9-10(6-12(11)18)15(24)21(14(9)23)7-13(22)20-16(8-19)3-1-2-4-16/h5-6H,1-4,7H2,(H,20,22). The third-order valence-electron chi connectivity index (χ3n) is 4.36. The summed E-state index contributed by atoms with van der Waals surface area (Å²) in [5.74, 6) is -1.73. The van der Waals surface area contributed by atoms with Gasteiger partial charge in [0.1, 0.15) is 12.1 Å². The number of nitriles is 1. The zero-order chi connectivity index (χ0) is 17.5. The number of nitrogens with zero attached hydrogens (tertiary/aromatic N) is 2. The average Bonchev–Trinajstić information content (AvgIpc) is 3.09. The van der Waals surface area contributed by atoms with E-state index in [1.807, 2.05) is 0 Å². The quantitative estimate of drug-likeness (QED) is 0.833. The van der Waals surface area contributed by atoms with Gasteiger partial charge in [-0.25, -0.2) is 0 Å². The molecule has 2 aliphatic rings. The summed E-state index contributed by atoms with van der Waals surface area (Å²) in [5.41, 5.74) is -0.654. The summed E-state index contributed by atoms with van der Waals surface area (Å²) in [4.78, 5) is 37.8. The number of hydrogen-bond acceptors (Lipinski definition) is 4. The zero-order valence-electron chi connectivity index (χ0n) is 12.6. The molecule has 0 atom stereocenters. The van der Waals surface area contributed by atoms with E-state index < -0.39 is 29.8 Å². The minimum Gasteiger partial charge on any atom is -0.336 e. The molecule has 1 aromatic rings. The summed E-state index contributed by atoms with van der Waals surface area (Å²) in [5, 5.41) is 12.3. The third-order valence-corrected chi connectivity index (χ3v) is 5.09. The first-order chi connectivity index (χ1) is 11.4. The maximum atomic E-state index is 12.4. The van der Waals surface area contributed by atoms with Gasteiger partial charge in [-0.05, 0) is 37.8 Å². The van der Waals surface area contributed by atoms with Crippen LogP contribution in [-0.2, 0) is 4.79 Å². The van der Waals surface area contributed by atoms with Gasteiger partial charge in [-0.2, -0.15) is 5.26 Å². The fourth-order valence-corrected chi connectivity index (χ4v) is 3.45. The summed E-state index contributed by atoms with van der Waals surface area (Å²) in [7, 11) is 0. The Morgan fingerprint density at radius 1 is 1.17 bits per heavy atom. The third kappa shape index (κ3) is 2.74. The van der Waals surface area contributed by atoms with Crippen molar-refractivity contribution in [3.8, 4) is 6.07 Å². The Bertz CT molecular complexity index is 753. The molecule has 0 spiro atoms. The molecular formula is C16H13Cl2N3O3. The van der Waals surface area contributed by atoms with Crippen LogP contribution in [0.15, 0.2) is 12.1 Å². The number of carbonyl (C=O) groups excluding carboxylic acids is 3. The zero-order valence-corrected chi connectivity index (χ0v) is 14.1. The molecule has 0 bridgehead atoms. The first-order valence-corrected chi connectivity index (χ1v) is 8.20. The normalized spacial score (nSPS) is 18.5. The Hall–Kier alpha value is -2.10. The SMILES string of the molecule is N#CC1(NC(=O)CN2C(=O)c3cc(Cl)c(Cl)cc3C2=O)CCCC1. The first-order valence-electron chi connectivity index (χ1n) is 7.44. The summed E-state index contributed by atoms with van der Waals surface area (Å²) >= 11 is 11.8. The van der Waals surface area contributed by atoms with Crippen LogP contribution in [0.4, 0.5) is 0 Å². The van der Waals surface area contributed by atoms with Gasteiger partial charge < -0.3 is 5.32 Å². The highest BCUT2D eigenvalue weighted by Gasteiger charge is 2.40. The number of carbonyl (C=O) groups is 3. The van der Waals surface area contributed by atoms with Crippen molar-refractivity contribution in [2.75, 3.05) is 6.54 Å². The van der Waals surface area contributed by atoms with E-state index in [2.05, 4.69) is 11.4 Å². The van der Waals surface area contributed by atoms with E-state index in [0.717, 1.165) is 17.7 Å². The average molecular weight is 366 g/mol. The van der Waals surface area contributed by atoms with Crippen LogP contribution in [-0.4, -0.2) is 34.7 Å². The fraction of sp³-hybridized carbons (Fsp3) is 0.375. The van der Waals surface area contributed by atoms with Crippen molar-refractivity contribution in [1.82, 2.24) is 10.2 Å². The molecule has 1 aliphatic carbocycles. The summed E-state index contributed by atoms with van der Waals surface area (Å²) < 4.78 is 0. The van der Waals surface area contributed by atoms with E-state index in [0.29, 0.717) is 12.8 Å². The molecule has 0 saturated heterocycles. The molecule has 0 aromatic heterocycles. The Kier molecular flexibility index (Phi) is 4.24. The Balaban J connectivity index is 1.77. The van der Waals surface area contributed by atoms with E-state index in [4.69, 9.17) is 23.2 Å². The van der Waals surface area contributed by atoms with Gasteiger partial charge in [0, 0.05) is 0 Å². The number of halogens is 2. The van der Waals surface area contributed by atoms with Gasteiger partial charge in [0.15, 0.2) is 0 Å². The van der Waals surface area contributed by atoms with Crippen LogP contribution in [0, 0.1) is 11.3 Å². The lowest BCUT2D eigenvalue weighted by Gasteiger charge is -2.23. The van der Waals surface area contributed by atoms with Gasteiger partial charge in [-0.1, -0.05) is 23.2 Å². The van der Waals surface area contributed by atoms with Crippen LogP contribution in [0.1, 0.15) is 46.4 Å². The molecule has 124 valence electrons. The molecule has 3 rings (SSSR count). The number of rotatable bonds is 3. The molecule has 1 heterocycles. The summed E-state index contributed by atoms with van der Waals surface area (Å²) in [6.45, 7) is -0.439. The molecule has 1 fully saturated rings. The predicted molar refractivity (Wildman–Crippen MR) is 86.8 cm³/mol. The molecular weight excluding hydrogens is 353 g/mol. The molecule has 3 amide bonds. The van der Waals surface area contributed by atoms with Crippen molar-refractivity contribution in [2.24, 2.45) is 0 Å². The number of imide groups is 1. The first kappa shape index (κ1) is 16.7. The molecule has 0 unspecified atom stereocenters. The highest BCUT2D eigenvalue weighted by molar-refractivity contribution is 6.43. The largest absolute Gasteiger partial charge is 0.336 e. The second-order valence-corrected chi connectivity index (χ2v) is 6.77. The topological polar surface area (TPSA) is 90.3 Å². The molecule has 24 heavy (non-hydrogen) atoms. The minimum atomic E-state index is -0.900. The van der Waals surface area contributed by atoms with Crippen molar-refractivity contribution in [3.63, 3.8) is 0 Å². The maximum Gasteiger partial charge on any atom is 0.262 e. The lowest BCUT2D eigenvalue weighted by molar-refractivity contribution is -0.122. The number of fused-ring (bicyclic) bond motifs is 1. The van der Waals surface area contributed by atoms with Gasteiger partial charge in [-0.15, -0.1) is 0 Å². The van der Waals surface area contributed by atoms with Crippen LogP contribution in [0.2, 0.25) is 10.0 Å². The monoisotopic (exact) mass is 365 g/mol. The van der Waals surface area contributed by atoms with Crippen LogP contribution >= 0.6 is 23.2 Å². The van der Waals surface area contributed by atoms with Gasteiger partial charge >= 0.3 is 0 Å². The second-order valence-electron chi connectivity index (χ2n) is 5.96. The Morgan fingerprint density at radius 3 is 2.12 bits per heavy atom. The highest BCUT2D eigenvalue weighted by atomic mass is 35.5. The van der Waals surface area contributed by atoms with Gasteiger partial charge in [-0.3, -0.25) is 19.3 Å².